The number of rotatable bonds is 6. The summed E-state index contributed by atoms with van der Waals surface area (Å²) in [5.74, 6) is 0.155. The Morgan fingerprint density at radius 2 is 2.14 bits per heavy atom. The average Bonchev–Trinajstić information content (AvgIpc) is 2.90. The Labute approximate surface area is 131 Å². The molecule has 8 heteroatoms. The van der Waals surface area contributed by atoms with Crippen LogP contribution < -0.4 is 5.73 Å². The zero-order chi connectivity index (χ0) is 16.1. The largest absolute Gasteiger partial charge is 0.449 e. The number of nitrogens with zero attached hydrogens (tertiary/aromatic N) is 2. The lowest BCUT2D eigenvalue weighted by Gasteiger charge is -2.11. The molecule has 0 saturated carbocycles. The van der Waals surface area contributed by atoms with Crippen LogP contribution in [0.15, 0.2) is 33.7 Å². The summed E-state index contributed by atoms with van der Waals surface area (Å²) in [7, 11) is 0. The fourth-order valence-electron chi connectivity index (χ4n) is 1.58. The monoisotopic (exact) mass is 321 g/mol. The highest BCUT2D eigenvalue weighted by Crippen LogP contribution is 2.26. The molecule has 0 fully saturated rings. The third-order valence-corrected chi connectivity index (χ3v) is 3.77. The summed E-state index contributed by atoms with van der Waals surface area (Å²) in [4.78, 5) is 27.9. The van der Waals surface area contributed by atoms with Crippen LogP contribution in [0, 0.1) is 6.92 Å². The summed E-state index contributed by atoms with van der Waals surface area (Å²) >= 11 is 1.36. The molecule has 0 radical (unpaired) electrons. The molecule has 116 valence electrons. The van der Waals surface area contributed by atoms with Crippen molar-refractivity contribution in [3.05, 3.63) is 41.5 Å². The second-order valence-corrected chi connectivity index (χ2v) is 5.49. The zero-order valence-electron chi connectivity index (χ0n) is 12.1. The first-order chi connectivity index (χ1) is 10.5. The van der Waals surface area contributed by atoms with Crippen molar-refractivity contribution in [2.75, 3.05) is 0 Å². The fourth-order valence-corrected chi connectivity index (χ4v) is 2.46. The van der Waals surface area contributed by atoms with E-state index in [1.54, 1.807) is 31.2 Å². The summed E-state index contributed by atoms with van der Waals surface area (Å²) in [5.41, 5.74) is 5.45. The molecule has 7 nitrogen and oxygen atoms in total. The van der Waals surface area contributed by atoms with E-state index in [9.17, 15) is 9.59 Å². The van der Waals surface area contributed by atoms with Crippen molar-refractivity contribution < 1.29 is 18.8 Å². The van der Waals surface area contributed by atoms with Crippen LogP contribution >= 0.6 is 11.8 Å². The second kappa shape index (κ2) is 7.08. The van der Waals surface area contributed by atoms with Gasteiger partial charge in [-0.25, -0.2) is 4.79 Å². The summed E-state index contributed by atoms with van der Waals surface area (Å²) in [5, 5.41) is 3.70. The van der Waals surface area contributed by atoms with Gasteiger partial charge in [0.05, 0.1) is 11.3 Å². The fraction of sp³-hybridized carbons (Fsp3) is 0.286. The molecule has 0 aliphatic rings. The van der Waals surface area contributed by atoms with Crippen LogP contribution in [-0.2, 0) is 15.3 Å². The lowest BCUT2D eigenvalue weighted by molar-refractivity contribution is -0.125. The molecule has 0 saturated heterocycles. The van der Waals surface area contributed by atoms with Crippen LogP contribution in [0.3, 0.4) is 0 Å². The minimum Gasteiger partial charge on any atom is -0.449 e. The average molecular weight is 321 g/mol. The van der Waals surface area contributed by atoms with Gasteiger partial charge in [-0.2, -0.15) is 4.98 Å². The predicted molar refractivity (Wildman–Crippen MR) is 79.1 cm³/mol. The molecule has 22 heavy (non-hydrogen) atoms. The number of ether oxygens (including phenoxy) is 1. The molecule has 2 aromatic rings. The Hall–Kier alpha value is -2.35. The number of benzene rings is 1. The molecule has 1 aromatic heterocycles. The highest BCUT2D eigenvalue weighted by Gasteiger charge is 2.19. The van der Waals surface area contributed by atoms with Crippen molar-refractivity contribution in [3.8, 4) is 0 Å². The van der Waals surface area contributed by atoms with Gasteiger partial charge >= 0.3 is 5.97 Å². The van der Waals surface area contributed by atoms with Crippen LogP contribution in [-0.4, -0.2) is 28.1 Å². The molecule has 0 unspecified atom stereocenters. The minimum absolute atomic E-state index is 0.358. The number of carbonyl (C=O) groups is 2. The lowest BCUT2D eigenvalue weighted by atomic mass is 10.2. The molecule has 0 spiro atoms. The predicted octanol–water partition coefficient (Wildman–Crippen LogP) is 1.70. The number of nitrogens with two attached hydrogens (primary N) is 1. The van der Waals surface area contributed by atoms with Crippen LogP contribution in [0.1, 0.15) is 29.0 Å². The molecule has 2 N–H and O–H groups in total. The molecular weight excluding hydrogens is 306 g/mol. The van der Waals surface area contributed by atoms with E-state index in [-0.39, 0.29) is 0 Å². The van der Waals surface area contributed by atoms with E-state index in [0.717, 1.165) is 0 Å². The number of esters is 1. The maximum Gasteiger partial charge on any atom is 0.340 e. The summed E-state index contributed by atoms with van der Waals surface area (Å²) in [6.45, 7) is 3.16. The Balaban J connectivity index is 2.09. The quantitative estimate of drug-likeness (QED) is 0.637. The summed E-state index contributed by atoms with van der Waals surface area (Å²) < 4.78 is 10.0. The minimum atomic E-state index is -0.982. The van der Waals surface area contributed by atoms with E-state index in [2.05, 4.69) is 10.1 Å². The van der Waals surface area contributed by atoms with Crippen molar-refractivity contribution in [1.82, 2.24) is 10.1 Å². The Kier molecular flexibility index (Phi) is 5.16. The van der Waals surface area contributed by atoms with E-state index >= 15 is 0 Å². The topological polar surface area (TPSA) is 108 Å². The molecule has 1 aromatic carbocycles. The molecule has 0 aliphatic carbocycles. The number of amides is 1. The molecule has 1 amide bonds. The third kappa shape index (κ3) is 4.08. The first-order valence-electron chi connectivity index (χ1n) is 6.48. The first-order valence-corrected chi connectivity index (χ1v) is 7.47. The Morgan fingerprint density at radius 3 is 2.77 bits per heavy atom. The maximum absolute atomic E-state index is 12.1. The normalized spacial score (nSPS) is 11.9. The highest BCUT2D eigenvalue weighted by molar-refractivity contribution is 7.98. The van der Waals surface area contributed by atoms with Crippen molar-refractivity contribution in [2.45, 2.75) is 30.6 Å². The van der Waals surface area contributed by atoms with Crippen LogP contribution in [0.2, 0.25) is 0 Å². The standard InChI is InChI=1S/C14H15N3O4S/c1-8(13(15)18)20-14(19)10-5-3-4-6-11(10)22-7-12-16-9(2)17-21-12/h3-6,8H,7H2,1-2H3,(H2,15,18)/t8-/m1/s1. The number of thioether (sulfide) groups is 1. The third-order valence-electron chi connectivity index (χ3n) is 2.71. The van der Waals surface area contributed by atoms with Gasteiger partial charge in [0.2, 0.25) is 5.89 Å². The van der Waals surface area contributed by atoms with Gasteiger partial charge in [0.15, 0.2) is 11.9 Å². The van der Waals surface area contributed by atoms with E-state index in [1.807, 2.05) is 0 Å². The Morgan fingerprint density at radius 1 is 1.41 bits per heavy atom. The smallest absolute Gasteiger partial charge is 0.340 e. The van der Waals surface area contributed by atoms with E-state index in [1.165, 1.54) is 18.7 Å². The molecule has 1 heterocycles. The van der Waals surface area contributed by atoms with E-state index in [0.29, 0.717) is 27.9 Å². The van der Waals surface area contributed by atoms with Gasteiger partial charge in [-0.05, 0) is 26.0 Å². The Bertz CT molecular complexity index is 686. The maximum atomic E-state index is 12.1. The molecular formula is C14H15N3O4S. The van der Waals surface area contributed by atoms with Gasteiger partial charge in [-0.1, -0.05) is 17.3 Å². The number of aromatic nitrogens is 2. The molecule has 1 atom stereocenters. The van der Waals surface area contributed by atoms with Gasteiger partial charge in [0.1, 0.15) is 0 Å². The van der Waals surface area contributed by atoms with Crippen molar-refractivity contribution in [1.29, 1.82) is 0 Å². The molecule has 2 rings (SSSR count). The summed E-state index contributed by atoms with van der Waals surface area (Å²) in [6.07, 6.45) is -0.982. The number of hydrogen-bond acceptors (Lipinski definition) is 7. The van der Waals surface area contributed by atoms with Gasteiger partial charge in [0, 0.05) is 4.90 Å². The molecule has 0 aliphatic heterocycles. The van der Waals surface area contributed by atoms with E-state index in [4.69, 9.17) is 15.0 Å². The van der Waals surface area contributed by atoms with E-state index < -0.39 is 18.0 Å². The van der Waals surface area contributed by atoms with Crippen molar-refractivity contribution in [2.24, 2.45) is 5.73 Å². The lowest BCUT2D eigenvalue weighted by Crippen LogP contribution is -2.30. The van der Waals surface area contributed by atoms with Crippen LogP contribution in [0.25, 0.3) is 0 Å². The van der Waals surface area contributed by atoms with Crippen molar-refractivity contribution >= 4 is 23.6 Å². The van der Waals surface area contributed by atoms with Crippen LogP contribution in [0.5, 0.6) is 0 Å². The van der Waals surface area contributed by atoms with Crippen molar-refractivity contribution in [3.63, 3.8) is 0 Å². The number of carbonyl (C=O) groups excluding carboxylic acids is 2. The number of primary amides is 1. The first kappa shape index (κ1) is 16.0. The summed E-state index contributed by atoms with van der Waals surface area (Å²) in [6, 6.07) is 6.92. The SMILES string of the molecule is Cc1noc(CSc2ccccc2C(=O)O[C@H](C)C(N)=O)n1. The zero-order valence-corrected chi connectivity index (χ0v) is 12.9. The highest BCUT2D eigenvalue weighted by atomic mass is 32.2. The van der Waals surface area contributed by atoms with Gasteiger partial charge in [-0.15, -0.1) is 11.8 Å². The second-order valence-electron chi connectivity index (χ2n) is 4.47. The van der Waals surface area contributed by atoms with Gasteiger partial charge in [-0.3, -0.25) is 4.79 Å². The molecule has 0 bridgehead atoms. The number of aryl methyl sites for hydroxylation is 1. The number of hydrogen-bond donors (Lipinski definition) is 1. The van der Waals surface area contributed by atoms with Gasteiger partial charge < -0.3 is 15.0 Å². The van der Waals surface area contributed by atoms with Gasteiger partial charge in [0.25, 0.3) is 5.91 Å². The van der Waals surface area contributed by atoms with Crippen LogP contribution in [0.4, 0.5) is 0 Å².